The average Bonchev–Trinajstić information content (AvgIpc) is 2.73. The van der Waals surface area contributed by atoms with E-state index in [1.54, 1.807) is 0 Å². The molecule has 0 radical (unpaired) electrons. The Morgan fingerprint density at radius 3 is 2.46 bits per heavy atom. The molecule has 24 heavy (non-hydrogen) atoms. The summed E-state index contributed by atoms with van der Waals surface area (Å²) in [6, 6.07) is 3.46. The van der Waals surface area contributed by atoms with Crippen LogP contribution in [0.1, 0.15) is 12.7 Å². The summed E-state index contributed by atoms with van der Waals surface area (Å²) < 4.78 is 52.6. The van der Waals surface area contributed by atoms with Gasteiger partial charge in [0.15, 0.2) is 5.82 Å². The summed E-state index contributed by atoms with van der Waals surface area (Å²) in [5, 5.41) is 0.399. The van der Waals surface area contributed by atoms with Gasteiger partial charge in [-0.15, -0.1) is 0 Å². The Morgan fingerprint density at radius 1 is 1.17 bits per heavy atom. The maximum Gasteiger partial charge on any atom is 0.451 e. The molecule has 0 aliphatic carbocycles. The third-order valence-corrected chi connectivity index (χ3v) is 3.25. The number of rotatable bonds is 2. The minimum Gasteiger partial charge on any atom is -0.271 e. The summed E-state index contributed by atoms with van der Waals surface area (Å²) in [6.07, 6.45) is -3.91. The highest BCUT2D eigenvalue weighted by atomic mass is 19.4. The van der Waals surface area contributed by atoms with Crippen molar-refractivity contribution in [1.29, 1.82) is 0 Å². The van der Waals surface area contributed by atoms with E-state index < -0.39 is 41.0 Å². The Morgan fingerprint density at radius 2 is 1.88 bits per heavy atom. The Labute approximate surface area is 131 Å². The van der Waals surface area contributed by atoms with Crippen molar-refractivity contribution in [1.82, 2.24) is 15.0 Å². The van der Waals surface area contributed by atoms with Crippen molar-refractivity contribution in [3.63, 3.8) is 0 Å². The first kappa shape index (κ1) is 15.8. The van der Waals surface area contributed by atoms with Crippen LogP contribution in [0.4, 0.5) is 23.4 Å². The summed E-state index contributed by atoms with van der Waals surface area (Å²) in [5.74, 6) is -4.59. The van der Waals surface area contributed by atoms with Gasteiger partial charge in [-0.25, -0.2) is 14.4 Å². The molecule has 2 heterocycles. The molecule has 0 bridgehead atoms. The highest BCUT2D eigenvalue weighted by molar-refractivity contribution is 6.16. The van der Waals surface area contributed by atoms with Crippen molar-refractivity contribution in [3.8, 4) is 0 Å². The number of alkyl halides is 3. The molecule has 0 spiro atoms. The number of para-hydroxylation sites is 1. The lowest BCUT2D eigenvalue weighted by atomic mass is 10.2. The van der Waals surface area contributed by atoms with Crippen molar-refractivity contribution in [2.24, 2.45) is 0 Å². The van der Waals surface area contributed by atoms with Gasteiger partial charge in [0.05, 0.1) is 0 Å². The predicted octanol–water partition coefficient (Wildman–Crippen LogP) is 2.43. The first-order valence-corrected chi connectivity index (χ1v) is 6.55. The summed E-state index contributed by atoms with van der Waals surface area (Å²) >= 11 is 0. The zero-order chi connectivity index (χ0) is 17.6. The van der Waals surface area contributed by atoms with Gasteiger partial charge in [-0.3, -0.25) is 15.0 Å². The van der Waals surface area contributed by atoms with E-state index in [0.29, 0.717) is 5.01 Å². The molecule has 3 rings (SSSR count). The normalized spacial score (nSPS) is 15.2. The lowest BCUT2D eigenvalue weighted by Gasteiger charge is -2.18. The molecule has 1 aromatic heterocycles. The predicted molar refractivity (Wildman–Crippen MR) is 73.7 cm³/mol. The molecule has 0 unspecified atom stereocenters. The minimum absolute atomic E-state index is 0.104. The van der Waals surface area contributed by atoms with E-state index in [4.69, 9.17) is 0 Å². The smallest absolute Gasteiger partial charge is 0.271 e. The number of hydrazine groups is 1. The standard InChI is InChI=1S/C14H8F4N4O2/c1-6-5-9(23)22(12(6)24)21-11-7-3-2-4-8(15)10(7)19-13(20-11)14(16,17)18/h2-5H,1H3,(H,19,20,21). The quantitative estimate of drug-likeness (QED) is 0.671. The number of fused-ring (bicyclic) bond motifs is 1. The van der Waals surface area contributed by atoms with E-state index in [0.717, 1.165) is 12.1 Å². The number of benzene rings is 1. The Hall–Kier alpha value is -3.04. The minimum atomic E-state index is -4.93. The van der Waals surface area contributed by atoms with Crippen LogP contribution in [0, 0.1) is 5.82 Å². The molecule has 1 N–H and O–H groups in total. The van der Waals surface area contributed by atoms with Crippen LogP contribution in [0.2, 0.25) is 0 Å². The van der Waals surface area contributed by atoms with E-state index in [1.807, 2.05) is 0 Å². The molecule has 1 aliphatic rings. The monoisotopic (exact) mass is 340 g/mol. The number of halogens is 4. The highest BCUT2D eigenvalue weighted by Crippen LogP contribution is 2.31. The van der Waals surface area contributed by atoms with Crippen molar-refractivity contribution in [2.45, 2.75) is 13.1 Å². The maximum atomic E-state index is 13.8. The zero-order valence-electron chi connectivity index (χ0n) is 12.0. The summed E-state index contributed by atoms with van der Waals surface area (Å²) in [6.45, 7) is 1.38. The molecule has 124 valence electrons. The Bertz CT molecular complexity index is 908. The molecule has 0 fully saturated rings. The molecule has 0 saturated heterocycles. The fourth-order valence-electron chi connectivity index (χ4n) is 2.13. The van der Waals surface area contributed by atoms with Crippen LogP contribution in [0.5, 0.6) is 0 Å². The van der Waals surface area contributed by atoms with Gasteiger partial charge < -0.3 is 0 Å². The fourth-order valence-corrected chi connectivity index (χ4v) is 2.13. The fraction of sp³-hybridized carbons (Fsp3) is 0.143. The van der Waals surface area contributed by atoms with Crippen LogP contribution >= 0.6 is 0 Å². The molecule has 6 nitrogen and oxygen atoms in total. The molecule has 2 amide bonds. The van der Waals surface area contributed by atoms with Crippen molar-refractivity contribution < 1.29 is 27.2 Å². The third-order valence-electron chi connectivity index (χ3n) is 3.25. The number of hydrogen-bond donors (Lipinski definition) is 1. The van der Waals surface area contributed by atoms with Gasteiger partial charge in [0, 0.05) is 17.0 Å². The van der Waals surface area contributed by atoms with Gasteiger partial charge in [-0.05, 0) is 19.1 Å². The summed E-state index contributed by atoms with van der Waals surface area (Å²) in [4.78, 5) is 30.0. The number of nitrogens with zero attached hydrogens (tertiary/aromatic N) is 3. The number of carbonyl (C=O) groups is 2. The third kappa shape index (κ3) is 2.55. The summed E-state index contributed by atoms with van der Waals surface area (Å²) in [7, 11) is 0. The van der Waals surface area contributed by atoms with E-state index in [1.165, 1.54) is 19.1 Å². The number of carbonyl (C=O) groups excluding carboxylic acids is 2. The van der Waals surface area contributed by atoms with Crippen LogP contribution in [0.3, 0.4) is 0 Å². The summed E-state index contributed by atoms with van der Waals surface area (Å²) in [5.41, 5.74) is 1.74. The molecule has 1 aliphatic heterocycles. The van der Waals surface area contributed by atoms with E-state index in [9.17, 15) is 27.2 Å². The lowest BCUT2D eigenvalue weighted by Crippen LogP contribution is -2.37. The number of amides is 2. The number of hydrogen-bond acceptors (Lipinski definition) is 5. The molecule has 1 aromatic carbocycles. The number of anilines is 1. The van der Waals surface area contributed by atoms with Crippen molar-refractivity contribution >= 4 is 28.5 Å². The van der Waals surface area contributed by atoms with Crippen LogP contribution in [0.25, 0.3) is 10.9 Å². The number of aromatic nitrogens is 2. The number of imide groups is 1. The second kappa shape index (κ2) is 5.25. The molecular weight excluding hydrogens is 332 g/mol. The van der Waals surface area contributed by atoms with Crippen molar-refractivity contribution in [3.05, 3.63) is 41.5 Å². The van der Waals surface area contributed by atoms with Gasteiger partial charge in [-0.2, -0.15) is 18.2 Å². The zero-order valence-corrected chi connectivity index (χ0v) is 12.0. The largest absolute Gasteiger partial charge is 0.451 e. The van der Waals surface area contributed by atoms with E-state index in [-0.39, 0.29) is 11.0 Å². The second-order valence-corrected chi connectivity index (χ2v) is 4.95. The second-order valence-electron chi connectivity index (χ2n) is 4.95. The first-order chi connectivity index (χ1) is 11.2. The SMILES string of the molecule is CC1=CC(=O)N(Nc2nc(C(F)(F)F)nc3c(F)cccc23)C1=O. The molecule has 2 aromatic rings. The van der Waals surface area contributed by atoms with Crippen LogP contribution in [-0.4, -0.2) is 26.8 Å². The lowest BCUT2D eigenvalue weighted by molar-refractivity contribution is -0.144. The van der Waals surface area contributed by atoms with E-state index in [2.05, 4.69) is 15.4 Å². The molecule has 10 heteroatoms. The Kier molecular flexibility index (Phi) is 3.47. The van der Waals surface area contributed by atoms with Gasteiger partial charge >= 0.3 is 6.18 Å². The molecular formula is C14H8F4N4O2. The van der Waals surface area contributed by atoms with Crippen LogP contribution in [0.15, 0.2) is 29.8 Å². The molecule has 0 saturated carbocycles. The van der Waals surface area contributed by atoms with Gasteiger partial charge in [0.1, 0.15) is 11.3 Å². The number of nitrogens with one attached hydrogen (secondary N) is 1. The average molecular weight is 340 g/mol. The van der Waals surface area contributed by atoms with Crippen LogP contribution in [-0.2, 0) is 15.8 Å². The van der Waals surface area contributed by atoms with Gasteiger partial charge in [0.25, 0.3) is 11.8 Å². The topological polar surface area (TPSA) is 75.2 Å². The van der Waals surface area contributed by atoms with Gasteiger partial charge in [0.2, 0.25) is 5.82 Å². The first-order valence-electron chi connectivity index (χ1n) is 6.55. The highest BCUT2D eigenvalue weighted by Gasteiger charge is 2.37. The van der Waals surface area contributed by atoms with Gasteiger partial charge in [-0.1, -0.05) is 6.07 Å². The van der Waals surface area contributed by atoms with Crippen molar-refractivity contribution in [2.75, 3.05) is 5.43 Å². The molecule has 0 atom stereocenters. The van der Waals surface area contributed by atoms with Crippen LogP contribution < -0.4 is 5.43 Å². The maximum absolute atomic E-state index is 13.8. The Balaban J connectivity index is 2.15. The van der Waals surface area contributed by atoms with E-state index >= 15 is 0 Å².